The van der Waals surface area contributed by atoms with E-state index in [4.69, 9.17) is 0 Å². The first-order valence-electron chi connectivity index (χ1n) is 5.26. The standard InChI is InChI=1S/C11H18N2O2S/c1-5-11(2,3)7-13-10-12-6-8(16-10)9(14)15-4/h6H,5,7H2,1-4H3,(H,12,13). The number of esters is 1. The summed E-state index contributed by atoms with van der Waals surface area (Å²) in [4.78, 5) is 15.9. The zero-order valence-corrected chi connectivity index (χ0v) is 11.0. The van der Waals surface area contributed by atoms with Gasteiger partial charge in [-0.2, -0.15) is 0 Å². The Morgan fingerprint density at radius 3 is 2.88 bits per heavy atom. The summed E-state index contributed by atoms with van der Waals surface area (Å²) in [6.45, 7) is 7.38. The molecule has 0 aliphatic carbocycles. The molecule has 4 nitrogen and oxygen atoms in total. The van der Waals surface area contributed by atoms with Crippen LogP contribution in [0.2, 0.25) is 0 Å². The molecule has 0 amide bonds. The van der Waals surface area contributed by atoms with E-state index in [0.717, 1.165) is 18.1 Å². The van der Waals surface area contributed by atoms with Crippen LogP contribution < -0.4 is 5.32 Å². The number of carbonyl (C=O) groups is 1. The van der Waals surface area contributed by atoms with E-state index in [-0.39, 0.29) is 11.4 Å². The first-order chi connectivity index (χ1) is 7.48. The number of nitrogens with zero attached hydrogens (tertiary/aromatic N) is 1. The lowest BCUT2D eigenvalue weighted by Gasteiger charge is -2.22. The van der Waals surface area contributed by atoms with E-state index >= 15 is 0 Å². The molecule has 0 bridgehead atoms. The van der Waals surface area contributed by atoms with Gasteiger partial charge in [-0.15, -0.1) is 0 Å². The van der Waals surface area contributed by atoms with Gasteiger partial charge in [-0.3, -0.25) is 0 Å². The van der Waals surface area contributed by atoms with E-state index in [1.807, 2.05) is 0 Å². The van der Waals surface area contributed by atoms with Crippen LogP contribution in [0.15, 0.2) is 6.20 Å². The minimum Gasteiger partial charge on any atom is -0.465 e. The van der Waals surface area contributed by atoms with Crippen molar-refractivity contribution >= 4 is 22.4 Å². The molecule has 16 heavy (non-hydrogen) atoms. The van der Waals surface area contributed by atoms with Crippen molar-refractivity contribution in [1.82, 2.24) is 4.98 Å². The summed E-state index contributed by atoms with van der Waals surface area (Å²) in [7, 11) is 1.37. The number of methoxy groups -OCH3 is 1. The summed E-state index contributed by atoms with van der Waals surface area (Å²) in [5.74, 6) is -0.333. The lowest BCUT2D eigenvalue weighted by atomic mass is 9.90. The van der Waals surface area contributed by atoms with Crippen LogP contribution in [0.25, 0.3) is 0 Å². The highest BCUT2D eigenvalue weighted by atomic mass is 32.1. The Hall–Kier alpha value is -1.10. The molecular formula is C11H18N2O2S. The van der Waals surface area contributed by atoms with Crippen molar-refractivity contribution in [2.24, 2.45) is 5.41 Å². The van der Waals surface area contributed by atoms with Crippen LogP contribution in [0.5, 0.6) is 0 Å². The topological polar surface area (TPSA) is 51.2 Å². The molecule has 0 saturated carbocycles. The van der Waals surface area contributed by atoms with E-state index in [0.29, 0.717) is 4.88 Å². The van der Waals surface area contributed by atoms with Crippen LogP contribution >= 0.6 is 11.3 Å². The normalized spacial score (nSPS) is 11.2. The third-order valence-corrected chi connectivity index (χ3v) is 3.50. The number of nitrogens with one attached hydrogen (secondary N) is 1. The average Bonchev–Trinajstić information content (AvgIpc) is 2.74. The first-order valence-corrected chi connectivity index (χ1v) is 6.08. The number of hydrogen-bond donors (Lipinski definition) is 1. The number of carbonyl (C=O) groups excluding carboxylic acids is 1. The molecule has 0 aliphatic rings. The van der Waals surface area contributed by atoms with Crippen molar-refractivity contribution in [3.63, 3.8) is 0 Å². The number of rotatable bonds is 5. The smallest absolute Gasteiger partial charge is 0.349 e. The van der Waals surface area contributed by atoms with Gasteiger partial charge in [0, 0.05) is 6.54 Å². The van der Waals surface area contributed by atoms with Gasteiger partial charge >= 0.3 is 5.97 Å². The summed E-state index contributed by atoms with van der Waals surface area (Å²) in [5.41, 5.74) is 0.233. The molecule has 0 spiro atoms. The third-order valence-electron chi connectivity index (χ3n) is 2.57. The molecule has 1 aromatic heterocycles. The summed E-state index contributed by atoms with van der Waals surface area (Å²) in [6, 6.07) is 0. The fourth-order valence-electron chi connectivity index (χ4n) is 0.991. The van der Waals surface area contributed by atoms with Crippen LogP contribution in [-0.2, 0) is 4.74 Å². The van der Waals surface area contributed by atoms with E-state index in [2.05, 4.69) is 35.8 Å². The van der Waals surface area contributed by atoms with Crippen LogP contribution in [-0.4, -0.2) is 24.6 Å². The predicted octanol–water partition coefficient (Wildman–Crippen LogP) is 2.78. The Morgan fingerprint density at radius 2 is 2.31 bits per heavy atom. The Labute approximate surface area is 100 Å². The summed E-state index contributed by atoms with van der Waals surface area (Å²) in [6.07, 6.45) is 2.63. The molecule has 1 rings (SSSR count). The highest BCUT2D eigenvalue weighted by Gasteiger charge is 2.16. The molecule has 0 atom stereocenters. The Bertz CT molecular complexity index is 361. The van der Waals surface area contributed by atoms with Crippen LogP contribution in [0.1, 0.15) is 36.9 Å². The Kier molecular flexibility index (Phi) is 4.29. The Morgan fingerprint density at radius 1 is 1.62 bits per heavy atom. The number of aromatic nitrogens is 1. The monoisotopic (exact) mass is 242 g/mol. The Balaban J connectivity index is 2.56. The van der Waals surface area contributed by atoms with Crippen LogP contribution in [0.3, 0.4) is 0 Å². The average molecular weight is 242 g/mol. The van der Waals surface area contributed by atoms with Crippen molar-refractivity contribution in [3.05, 3.63) is 11.1 Å². The second-order valence-electron chi connectivity index (χ2n) is 4.39. The number of hydrogen-bond acceptors (Lipinski definition) is 5. The van der Waals surface area contributed by atoms with E-state index < -0.39 is 0 Å². The van der Waals surface area contributed by atoms with Gasteiger partial charge in [-0.1, -0.05) is 32.1 Å². The SMILES string of the molecule is CCC(C)(C)CNc1ncc(C(=O)OC)s1. The molecule has 0 aromatic carbocycles. The molecule has 5 heteroatoms. The van der Waals surface area contributed by atoms with Crippen molar-refractivity contribution in [1.29, 1.82) is 0 Å². The number of thiazole rings is 1. The second kappa shape index (κ2) is 5.30. The molecular weight excluding hydrogens is 224 g/mol. The molecule has 90 valence electrons. The zero-order valence-electron chi connectivity index (χ0n) is 10.2. The van der Waals surface area contributed by atoms with E-state index in [9.17, 15) is 4.79 Å². The van der Waals surface area contributed by atoms with Crippen LogP contribution in [0.4, 0.5) is 5.13 Å². The predicted molar refractivity (Wildman–Crippen MR) is 66.0 cm³/mol. The largest absolute Gasteiger partial charge is 0.465 e. The number of ether oxygens (including phenoxy) is 1. The molecule has 0 fully saturated rings. The summed E-state index contributed by atoms with van der Waals surface area (Å²) >= 11 is 1.32. The van der Waals surface area contributed by atoms with Gasteiger partial charge in [0.05, 0.1) is 13.3 Å². The lowest BCUT2D eigenvalue weighted by Crippen LogP contribution is -2.21. The van der Waals surface area contributed by atoms with E-state index in [1.54, 1.807) is 0 Å². The minimum atomic E-state index is -0.333. The van der Waals surface area contributed by atoms with Gasteiger partial charge in [0.25, 0.3) is 0 Å². The van der Waals surface area contributed by atoms with Gasteiger partial charge in [0.1, 0.15) is 4.88 Å². The molecule has 1 N–H and O–H groups in total. The third kappa shape index (κ3) is 3.48. The zero-order chi connectivity index (χ0) is 12.2. The fourth-order valence-corrected chi connectivity index (χ4v) is 1.72. The van der Waals surface area contributed by atoms with E-state index in [1.165, 1.54) is 24.6 Å². The lowest BCUT2D eigenvalue weighted by molar-refractivity contribution is 0.0606. The molecule has 1 heterocycles. The first kappa shape index (κ1) is 13.0. The molecule has 1 aromatic rings. The van der Waals surface area contributed by atoms with Gasteiger partial charge in [0.2, 0.25) is 0 Å². The summed E-state index contributed by atoms with van der Waals surface area (Å²) < 4.78 is 4.62. The molecule has 0 radical (unpaired) electrons. The highest BCUT2D eigenvalue weighted by Crippen LogP contribution is 2.23. The van der Waals surface area contributed by atoms with Gasteiger partial charge in [-0.05, 0) is 11.8 Å². The van der Waals surface area contributed by atoms with Crippen molar-refractivity contribution in [2.75, 3.05) is 19.0 Å². The second-order valence-corrected chi connectivity index (χ2v) is 5.42. The van der Waals surface area contributed by atoms with Crippen molar-refractivity contribution in [3.8, 4) is 0 Å². The van der Waals surface area contributed by atoms with Crippen molar-refractivity contribution < 1.29 is 9.53 Å². The number of anilines is 1. The maximum absolute atomic E-state index is 11.2. The van der Waals surface area contributed by atoms with Crippen molar-refractivity contribution in [2.45, 2.75) is 27.2 Å². The molecule has 0 aliphatic heterocycles. The van der Waals surface area contributed by atoms with Gasteiger partial charge < -0.3 is 10.1 Å². The van der Waals surface area contributed by atoms with Gasteiger partial charge in [0.15, 0.2) is 5.13 Å². The molecule has 0 unspecified atom stereocenters. The minimum absolute atomic E-state index is 0.233. The van der Waals surface area contributed by atoms with Gasteiger partial charge in [-0.25, -0.2) is 9.78 Å². The quantitative estimate of drug-likeness (QED) is 0.807. The maximum Gasteiger partial charge on any atom is 0.349 e. The fraction of sp³-hybridized carbons (Fsp3) is 0.636. The van der Waals surface area contributed by atoms with Crippen LogP contribution in [0, 0.1) is 5.41 Å². The highest BCUT2D eigenvalue weighted by molar-refractivity contribution is 7.17. The molecule has 0 saturated heterocycles. The maximum atomic E-state index is 11.2. The summed E-state index contributed by atoms with van der Waals surface area (Å²) in [5, 5.41) is 4.00.